The van der Waals surface area contributed by atoms with Crippen LogP contribution in [0.25, 0.3) is 0 Å². The first-order valence-corrected chi connectivity index (χ1v) is 9.38. The number of amides is 2. The topological polar surface area (TPSA) is 71.1 Å². The lowest BCUT2D eigenvalue weighted by atomic mass is 10.0. The van der Waals surface area contributed by atoms with Crippen LogP contribution in [-0.4, -0.2) is 16.8 Å². The van der Waals surface area contributed by atoms with Crippen LogP contribution in [0.4, 0.5) is 11.4 Å². The molecule has 3 aromatic rings. The molecule has 2 aromatic carbocycles. The van der Waals surface area contributed by atoms with Crippen molar-refractivity contribution in [2.45, 2.75) is 26.7 Å². The summed E-state index contributed by atoms with van der Waals surface area (Å²) in [5.74, 6) is -0.686. The summed E-state index contributed by atoms with van der Waals surface area (Å²) in [6.45, 7) is 4.11. The van der Waals surface area contributed by atoms with Crippen LogP contribution in [-0.2, 0) is 12.8 Å². The lowest BCUT2D eigenvalue weighted by molar-refractivity contribution is 0.101. The number of aromatic nitrogens is 1. The highest BCUT2D eigenvalue weighted by Crippen LogP contribution is 2.23. The zero-order chi connectivity index (χ0) is 19.9. The summed E-state index contributed by atoms with van der Waals surface area (Å²) in [5.41, 5.74) is 4.05. The second-order valence-corrected chi connectivity index (χ2v) is 6.34. The number of carbonyl (C=O) groups excluding carboxylic acids is 2. The Bertz CT molecular complexity index is 962. The second-order valence-electron chi connectivity index (χ2n) is 6.34. The highest BCUT2D eigenvalue weighted by atomic mass is 16.2. The molecule has 0 aliphatic carbocycles. The molecule has 5 heteroatoms. The molecule has 0 unspecified atom stereocenters. The van der Waals surface area contributed by atoms with Crippen molar-refractivity contribution >= 4 is 23.2 Å². The fraction of sp³-hybridized carbons (Fsp3) is 0.174. The molecule has 0 atom stereocenters. The van der Waals surface area contributed by atoms with Gasteiger partial charge in [0.1, 0.15) is 11.4 Å². The van der Waals surface area contributed by atoms with Crippen molar-refractivity contribution < 1.29 is 9.59 Å². The van der Waals surface area contributed by atoms with E-state index in [1.165, 1.54) is 0 Å². The number of anilines is 2. The summed E-state index contributed by atoms with van der Waals surface area (Å²) in [6.07, 6.45) is 1.63. The minimum Gasteiger partial charge on any atom is -0.321 e. The van der Waals surface area contributed by atoms with E-state index >= 15 is 0 Å². The zero-order valence-corrected chi connectivity index (χ0v) is 16.0. The minimum atomic E-state index is -0.357. The Labute approximate surface area is 164 Å². The Kier molecular flexibility index (Phi) is 6.17. The van der Waals surface area contributed by atoms with E-state index in [9.17, 15) is 9.59 Å². The molecule has 28 heavy (non-hydrogen) atoms. The first kappa shape index (κ1) is 19.3. The van der Waals surface area contributed by atoms with Gasteiger partial charge in [-0.15, -0.1) is 0 Å². The Morgan fingerprint density at radius 2 is 1.25 bits per heavy atom. The van der Waals surface area contributed by atoms with E-state index in [1.807, 2.05) is 36.4 Å². The third-order valence-corrected chi connectivity index (χ3v) is 4.48. The zero-order valence-electron chi connectivity index (χ0n) is 16.0. The Hall–Kier alpha value is -3.47. The molecule has 2 N–H and O–H groups in total. The lowest BCUT2D eigenvalue weighted by Gasteiger charge is -2.14. The van der Waals surface area contributed by atoms with Gasteiger partial charge in [-0.05, 0) is 48.2 Å². The number of nitrogens with zero attached hydrogens (tertiary/aromatic N) is 1. The fourth-order valence-electron chi connectivity index (χ4n) is 2.98. The average Bonchev–Trinajstić information content (AvgIpc) is 2.74. The summed E-state index contributed by atoms with van der Waals surface area (Å²) in [7, 11) is 0. The molecular weight excluding hydrogens is 350 g/mol. The van der Waals surface area contributed by atoms with Gasteiger partial charge in [-0.3, -0.25) is 9.59 Å². The predicted octanol–water partition coefficient (Wildman–Crippen LogP) is 4.71. The molecule has 3 rings (SSSR count). The number of benzene rings is 2. The normalized spacial score (nSPS) is 10.4. The van der Waals surface area contributed by atoms with Gasteiger partial charge in [0.15, 0.2) is 0 Å². The van der Waals surface area contributed by atoms with E-state index in [4.69, 9.17) is 0 Å². The molecule has 0 aliphatic rings. The maximum absolute atomic E-state index is 12.8. The molecule has 0 saturated carbocycles. The van der Waals surface area contributed by atoms with Gasteiger partial charge in [-0.2, -0.15) is 0 Å². The van der Waals surface area contributed by atoms with Crippen LogP contribution in [0.15, 0.2) is 66.7 Å². The summed E-state index contributed by atoms with van der Waals surface area (Å²) in [5, 5.41) is 5.76. The number of hydrogen-bond donors (Lipinski definition) is 2. The molecule has 0 bridgehead atoms. The van der Waals surface area contributed by atoms with Crippen LogP contribution in [0, 0.1) is 0 Å². The molecule has 0 spiro atoms. The Balaban J connectivity index is 1.81. The number of para-hydroxylation sites is 2. The van der Waals surface area contributed by atoms with E-state index in [-0.39, 0.29) is 23.2 Å². The first-order valence-electron chi connectivity index (χ1n) is 9.38. The molecule has 5 nitrogen and oxygen atoms in total. The van der Waals surface area contributed by atoms with Gasteiger partial charge in [-0.1, -0.05) is 56.3 Å². The Morgan fingerprint density at radius 3 is 1.82 bits per heavy atom. The predicted molar refractivity (Wildman–Crippen MR) is 112 cm³/mol. The fourth-order valence-corrected chi connectivity index (χ4v) is 2.98. The molecule has 0 fully saturated rings. The highest BCUT2D eigenvalue weighted by molar-refractivity contribution is 6.06. The van der Waals surface area contributed by atoms with Crippen molar-refractivity contribution in [1.29, 1.82) is 0 Å². The van der Waals surface area contributed by atoms with Crippen molar-refractivity contribution in [3.8, 4) is 0 Å². The molecule has 0 aliphatic heterocycles. The minimum absolute atomic E-state index is 0.191. The standard InChI is InChI=1S/C23H23N3O2/c1-3-16-10-8-11-17(4-2)21(16)26-23(28)20-15-9-14-19(25-20)22(27)24-18-12-6-5-7-13-18/h5-15H,3-4H2,1-2H3,(H,24,27)(H,26,28). The number of pyridine rings is 1. The second kappa shape index (κ2) is 8.95. The van der Waals surface area contributed by atoms with Crippen molar-refractivity contribution in [2.24, 2.45) is 0 Å². The lowest BCUT2D eigenvalue weighted by Crippen LogP contribution is -2.19. The van der Waals surface area contributed by atoms with Crippen LogP contribution in [0.3, 0.4) is 0 Å². The van der Waals surface area contributed by atoms with Crippen molar-refractivity contribution in [3.05, 3.63) is 89.2 Å². The van der Waals surface area contributed by atoms with Gasteiger partial charge in [0.25, 0.3) is 11.8 Å². The summed E-state index contributed by atoms with van der Waals surface area (Å²) < 4.78 is 0. The van der Waals surface area contributed by atoms with Crippen molar-refractivity contribution in [3.63, 3.8) is 0 Å². The molecule has 2 amide bonds. The molecule has 0 saturated heterocycles. The van der Waals surface area contributed by atoms with Crippen LogP contribution in [0.1, 0.15) is 46.0 Å². The number of aryl methyl sites for hydroxylation is 2. The summed E-state index contributed by atoms with van der Waals surface area (Å²) in [4.78, 5) is 29.5. The van der Waals surface area contributed by atoms with Gasteiger partial charge < -0.3 is 10.6 Å². The number of hydrogen-bond acceptors (Lipinski definition) is 3. The van der Waals surface area contributed by atoms with E-state index in [0.29, 0.717) is 5.69 Å². The van der Waals surface area contributed by atoms with E-state index in [2.05, 4.69) is 29.5 Å². The first-order chi connectivity index (χ1) is 13.6. The van der Waals surface area contributed by atoms with Gasteiger partial charge in [0.05, 0.1) is 0 Å². The van der Waals surface area contributed by atoms with E-state index in [0.717, 1.165) is 29.7 Å². The largest absolute Gasteiger partial charge is 0.321 e. The van der Waals surface area contributed by atoms with Gasteiger partial charge in [0, 0.05) is 11.4 Å². The number of carbonyl (C=O) groups is 2. The van der Waals surface area contributed by atoms with Crippen LogP contribution in [0.5, 0.6) is 0 Å². The summed E-state index contributed by atoms with van der Waals surface area (Å²) in [6, 6.07) is 20.0. The van der Waals surface area contributed by atoms with E-state index < -0.39 is 0 Å². The molecular formula is C23H23N3O2. The molecule has 142 valence electrons. The van der Waals surface area contributed by atoms with Gasteiger partial charge >= 0.3 is 0 Å². The Morgan fingerprint density at radius 1 is 0.714 bits per heavy atom. The smallest absolute Gasteiger partial charge is 0.274 e. The monoisotopic (exact) mass is 373 g/mol. The number of nitrogens with one attached hydrogen (secondary N) is 2. The van der Waals surface area contributed by atoms with E-state index in [1.54, 1.807) is 30.3 Å². The summed E-state index contributed by atoms with van der Waals surface area (Å²) >= 11 is 0. The van der Waals surface area contributed by atoms with Crippen molar-refractivity contribution in [2.75, 3.05) is 10.6 Å². The van der Waals surface area contributed by atoms with Crippen LogP contribution < -0.4 is 10.6 Å². The highest BCUT2D eigenvalue weighted by Gasteiger charge is 2.15. The number of rotatable bonds is 6. The quantitative estimate of drug-likeness (QED) is 0.657. The maximum Gasteiger partial charge on any atom is 0.274 e. The maximum atomic E-state index is 12.8. The molecule has 1 heterocycles. The van der Waals surface area contributed by atoms with Crippen LogP contribution >= 0.6 is 0 Å². The van der Waals surface area contributed by atoms with Crippen molar-refractivity contribution in [1.82, 2.24) is 4.98 Å². The van der Waals surface area contributed by atoms with Crippen LogP contribution in [0.2, 0.25) is 0 Å². The molecule has 1 aromatic heterocycles. The third kappa shape index (κ3) is 4.43. The van der Waals surface area contributed by atoms with Gasteiger partial charge in [0.2, 0.25) is 0 Å². The third-order valence-electron chi connectivity index (χ3n) is 4.48. The SMILES string of the molecule is CCc1cccc(CC)c1NC(=O)c1cccc(C(=O)Nc2ccccc2)n1. The van der Waals surface area contributed by atoms with Gasteiger partial charge in [-0.25, -0.2) is 4.98 Å². The average molecular weight is 373 g/mol. The molecule has 0 radical (unpaired) electrons.